The molecule has 0 aromatic carbocycles. The number of hydrogen-bond acceptors (Lipinski definition) is 5. The molecule has 25 heavy (non-hydrogen) atoms. The molecular weight excluding hydrogens is 318 g/mol. The molecule has 7 heteroatoms. The maximum Gasteiger partial charge on any atom is 0.225 e. The van der Waals surface area contributed by atoms with Crippen molar-refractivity contribution in [3.63, 3.8) is 0 Å². The molecule has 1 atom stereocenters. The number of carbonyl (C=O) groups is 1. The smallest absolute Gasteiger partial charge is 0.225 e. The third-order valence-electron chi connectivity index (χ3n) is 5.09. The predicted molar refractivity (Wildman–Crippen MR) is 91.8 cm³/mol. The molecule has 2 aromatic rings. The van der Waals surface area contributed by atoms with Gasteiger partial charge in [-0.1, -0.05) is 0 Å². The number of carbonyl (C=O) groups excluding carboxylic acids is 1. The molecule has 4 heterocycles. The van der Waals surface area contributed by atoms with Crippen LogP contribution < -0.4 is 0 Å². The van der Waals surface area contributed by atoms with E-state index in [-0.39, 0.29) is 17.7 Å². The molecule has 1 N–H and O–H groups in total. The Kier molecular flexibility index (Phi) is 4.48. The molecule has 2 saturated heterocycles. The number of imidazole rings is 1. The summed E-state index contributed by atoms with van der Waals surface area (Å²) in [6.45, 7) is 4.84. The van der Waals surface area contributed by atoms with Gasteiger partial charge in [0.05, 0.1) is 0 Å². The Bertz CT molecular complexity index is 740. The van der Waals surface area contributed by atoms with E-state index in [9.17, 15) is 4.79 Å². The van der Waals surface area contributed by atoms with Crippen molar-refractivity contribution >= 4 is 5.91 Å². The summed E-state index contributed by atoms with van der Waals surface area (Å²) in [7, 11) is 0. The lowest BCUT2D eigenvalue weighted by molar-refractivity contribution is -0.137. The molecule has 0 unspecified atom stereocenters. The Labute approximate surface area is 146 Å². The second-order valence-electron chi connectivity index (χ2n) is 6.82. The summed E-state index contributed by atoms with van der Waals surface area (Å²) >= 11 is 0. The molecule has 2 fully saturated rings. The SMILES string of the molecule is Cc1nc(-c2ncc[nH]2)cc([C@@H]2CCN(C(=O)C3CCOCC3)C2)n1. The van der Waals surface area contributed by atoms with Gasteiger partial charge in [0.15, 0.2) is 5.82 Å². The Morgan fingerprint density at radius 1 is 1.28 bits per heavy atom. The molecule has 2 aliphatic rings. The summed E-state index contributed by atoms with van der Waals surface area (Å²) in [6, 6.07) is 2.00. The number of nitrogens with zero attached hydrogens (tertiary/aromatic N) is 4. The number of hydrogen-bond donors (Lipinski definition) is 1. The molecule has 2 aliphatic heterocycles. The van der Waals surface area contributed by atoms with Gasteiger partial charge in [0.25, 0.3) is 0 Å². The number of H-pyrrole nitrogens is 1. The van der Waals surface area contributed by atoms with Crippen molar-refractivity contribution in [3.05, 3.63) is 30.0 Å². The van der Waals surface area contributed by atoms with Crippen LogP contribution in [0.25, 0.3) is 11.5 Å². The van der Waals surface area contributed by atoms with Gasteiger partial charge in [-0.25, -0.2) is 15.0 Å². The molecule has 0 bridgehead atoms. The van der Waals surface area contributed by atoms with Crippen molar-refractivity contribution < 1.29 is 9.53 Å². The van der Waals surface area contributed by atoms with Crippen LogP contribution in [-0.2, 0) is 9.53 Å². The van der Waals surface area contributed by atoms with Crippen molar-refractivity contribution in [1.29, 1.82) is 0 Å². The first-order valence-electron chi connectivity index (χ1n) is 8.92. The van der Waals surface area contributed by atoms with Crippen LogP contribution in [-0.4, -0.2) is 57.0 Å². The number of likely N-dealkylation sites (tertiary alicyclic amines) is 1. The van der Waals surface area contributed by atoms with Crippen LogP contribution in [0.3, 0.4) is 0 Å². The van der Waals surface area contributed by atoms with E-state index < -0.39 is 0 Å². The van der Waals surface area contributed by atoms with Crippen molar-refractivity contribution in [1.82, 2.24) is 24.8 Å². The van der Waals surface area contributed by atoms with E-state index in [2.05, 4.69) is 19.9 Å². The molecular formula is C18H23N5O2. The summed E-state index contributed by atoms with van der Waals surface area (Å²) in [4.78, 5) is 31.2. The molecule has 1 amide bonds. The topological polar surface area (TPSA) is 84.0 Å². The van der Waals surface area contributed by atoms with Gasteiger partial charge < -0.3 is 14.6 Å². The van der Waals surface area contributed by atoms with Crippen LogP contribution in [0, 0.1) is 12.8 Å². The number of amides is 1. The number of rotatable bonds is 3. The van der Waals surface area contributed by atoms with E-state index in [0.29, 0.717) is 13.2 Å². The standard InChI is InChI=1S/C18H23N5O2/c1-12-21-15(10-16(22-12)17-19-5-6-20-17)14-2-7-23(11-14)18(24)13-3-8-25-9-4-13/h5-6,10,13-14H,2-4,7-9,11H2,1H3,(H,19,20)/t14-/m1/s1. The van der Waals surface area contributed by atoms with Gasteiger partial charge in [0, 0.05) is 56.2 Å². The molecule has 0 aliphatic carbocycles. The summed E-state index contributed by atoms with van der Waals surface area (Å²) in [6.07, 6.45) is 6.14. The Balaban J connectivity index is 1.49. The van der Waals surface area contributed by atoms with Gasteiger partial charge in [0.1, 0.15) is 11.5 Å². The molecule has 0 spiro atoms. The molecule has 7 nitrogen and oxygen atoms in total. The minimum absolute atomic E-state index is 0.123. The van der Waals surface area contributed by atoms with Crippen LogP contribution >= 0.6 is 0 Å². The van der Waals surface area contributed by atoms with Crippen LogP contribution in [0.4, 0.5) is 0 Å². The maximum atomic E-state index is 12.7. The molecule has 0 radical (unpaired) electrons. The first-order valence-corrected chi connectivity index (χ1v) is 8.92. The lowest BCUT2D eigenvalue weighted by atomic mass is 9.98. The Morgan fingerprint density at radius 3 is 2.88 bits per heavy atom. The molecule has 2 aromatic heterocycles. The van der Waals surface area contributed by atoms with Crippen molar-refractivity contribution in [3.8, 4) is 11.5 Å². The van der Waals surface area contributed by atoms with E-state index in [1.807, 2.05) is 17.9 Å². The number of aromatic nitrogens is 4. The van der Waals surface area contributed by atoms with Gasteiger partial charge in [0.2, 0.25) is 5.91 Å². The van der Waals surface area contributed by atoms with Gasteiger partial charge in [-0.3, -0.25) is 4.79 Å². The lowest BCUT2D eigenvalue weighted by Gasteiger charge is -2.26. The zero-order valence-corrected chi connectivity index (χ0v) is 14.4. The average molecular weight is 341 g/mol. The van der Waals surface area contributed by atoms with Gasteiger partial charge in [-0.2, -0.15) is 0 Å². The second kappa shape index (κ2) is 6.92. The molecule has 0 saturated carbocycles. The molecule has 4 rings (SSSR count). The van der Waals surface area contributed by atoms with Crippen molar-refractivity contribution in [2.45, 2.75) is 32.1 Å². The zero-order valence-electron chi connectivity index (χ0n) is 14.4. The highest BCUT2D eigenvalue weighted by molar-refractivity contribution is 5.79. The summed E-state index contributed by atoms with van der Waals surface area (Å²) < 4.78 is 5.37. The van der Waals surface area contributed by atoms with Gasteiger partial charge in [-0.15, -0.1) is 0 Å². The Morgan fingerprint density at radius 2 is 2.12 bits per heavy atom. The number of nitrogens with one attached hydrogen (secondary N) is 1. The van der Waals surface area contributed by atoms with E-state index >= 15 is 0 Å². The summed E-state index contributed by atoms with van der Waals surface area (Å²) in [5, 5.41) is 0. The fraction of sp³-hybridized carbons (Fsp3) is 0.556. The Hall–Kier alpha value is -2.28. The third kappa shape index (κ3) is 3.42. The highest BCUT2D eigenvalue weighted by Gasteiger charge is 2.33. The lowest BCUT2D eigenvalue weighted by Crippen LogP contribution is -2.37. The van der Waals surface area contributed by atoms with Crippen LogP contribution in [0.5, 0.6) is 0 Å². The zero-order chi connectivity index (χ0) is 17.2. The quantitative estimate of drug-likeness (QED) is 0.922. The minimum Gasteiger partial charge on any atom is -0.381 e. The first-order chi connectivity index (χ1) is 12.2. The van der Waals surface area contributed by atoms with Crippen LogP contribution in [0.1, 0.15) is 36.7 Å². The minimum atomic E-state index is 0.123. The predicted octanol–water partition coefficient (Wildman–Crippen LogP) is 1.92. The fourth-order valence-electron chi connectivity index (χ4n) is 3.73. The van der Waals surface area contributed by atoms with Gasteiger partial charge >= 0.3 is 0 Å². The van der Waals surface area contributed by atoms with E-state index in [4.69, 9.17) is 4.74 Å². The number of aryl methyl sites for hydroxylation is 1. The third-order valence-corrected chi connectivity index (χ3v) is 5.09. The van der Waals surface area contributed by atoms with Crippen LogP contribution in [0.2, 0.25) is 0 Å². The van der Waals surface area contributed by atoms with E-state index in [1.54, 1.807) is 12.4 Å². The molecule has 132 valence electrons. The van der Waals surface area contributed by atoms with E-state index in [1.165, 1.54) is 0 Å². The van der Waals surface area contributed by atoms with Crippen LogP contribution in [0.15, 0.2) is 18.5 Å². The average Bonchev–Trinajstić information content (AvgIpc) is 3.33. The first kappa shape index (κ1) is 16.2. The van der Waals surface area contributed by atoms with E-state index in [0.717, 1.165) is 55.4 Å². The highest BCUT2D eigenvalue weighted by Crippen LogP contribution is 2.30. The number of ether oxygens (including phenoxy) is 1. The van der Waals surface area contributed by atoms with Crippen molar-refractivity contribution in [2.75, 3.05) is 26.3 Å². The second-order valence-corrected chi connectivity index (χ2v) is 6.82. The highest BCUT2D eigenvalue weighted by atomic mass is 16.5. The normalized spacial score (nSPS) is 21.6. The number of aromatic amines is 1. The summed E-state index contributed by atoms with van der Waals surface area (Å²) in [5.41, 5.74) is 1.81. The summed E-state index contributed by atoms with van der Waals surface area (Å²) in [5.74, 6) is 2.15. The van der Waals surface area contributed by atoms with Crippen molar-refractivity contribution in [2.24, 2.45) is 5.92 Å². The monoisotopic (exact) mass is 341 g/mol. The van der Waals surface area contributed by atoms with Gasteiger partial charge in [-0.05, 0) is 32.3 Å². The fourth-order valence-corrected chi connectivity index (χ4v) is 3.73. The maximum absolute atomic E-state index is 12.7. The largest absolute Gasteiger partial charge is 0.381 e.